The number of alkyl halides is 2. The quantitative estimate of drug-likeness (QED) is 0.589. The van der Waals surface area contributed by atoms with Gasteiger partial charge in [-0.1, -0.05) is 51.6 Å². The first kappa shape index (κ1) is 7.60. The Morgan fingerprint density at radius 2 is 2.00 bits per heavy atom. The maximum atomic E-state index is 3.74. The number of hydrogen-bond acceptors (Lipinski definition) is 0. The molecular formula is C8H12Br2. The molecule has 0 radical (unpaired) electrons. The van der Waals surface area contributed by atoms with E-state index in [1.807, 2.05) is 0 Å². The standard InChI is InChI=1S/C8H12Br2/c1-5-3-2-4-6-7(5)8(6,9)10/h5-7H,2-4H2,1H3/t5-,6+,7+/m1/s1. The fraction of sp³-hybridized carbons (Fsp3) is 1.00. The Kier molecular flexibility index (Phi) is 1.69. The van der Waals surface area contributed by atoms with Crippen LogP contribution in [0.4, 0.5) is 0 Å². The monoisotopic (exact) mass is 266 g/mol. The predicted molar refractivity (Wildman–Crippen MR) is 50.6 cm³/mol. The number of fused-ring (bicyclic) bond motifs is 1. The minimum atomic E-state index is 0.343. The van der Waals surface area contributed by atoms with Crippen LogP contribution in [0.2, 0.25) is 0 Å². The lowest BCUT2D eigenvalue weighted by atomic mass is 9.91. The molecule has 0 aromatic rings. The van der Waals surface area contributed by atoms with E-state index in [0.29, 0.717) is 3.23 Å². The first-order valence-electron chi connectivity index (χ1n) is 4.02. The van der Waals surface area contributed by atoms with Crippen molar-refractivity contribution in [2.75, 3.05) is 0 Å². The van der Waals surface area contributed by atoms with Crippen LogP contribution < -0.4 is 0 Å². The van der Waals surface area contributed by atoms with Crippen molar-refractivity contribution in [2.45, 2.75) is 29.4 Å². The van der Waals surface area contributed by atoms with Crippen molar-refractivity contribution < 1.29 is 0 Å². The molecule has 58 valence electrons. The molecular weight excluding hydrogens is 256 g/mol. The van der Waals surface area contributed by atoms with Crippen LogP contribution in [0.15, 0.2) is 0 Å². The van der Waals surface area contributed by atoms with Crippen LogP contribution in [0.5, 0.6) is 0 Å². The highest BCUT2D eigenvalue weighted by Gasteiger charge is 2.64. The molecule has 0 aliphatic heterocycles. The molecule has 3 atom stereocenters. The van der Waals surface area contributed by atoms with Gasteiger partial charge in [0.25, 0.3) is 0 Å². The Morgan fingerprint density at radius 3 is 2.50 bits per heavy atom. The van der Waals surface area contributed by atoms with E-state index >= 15 is 0 Å². The number of rotatable bonds is 0. The smallest absolute Gasteiger partial charge is 0.0721 e. The highest BCUT2D eigenvalue weighted by Crippen LogP contribution is 2.69. The molecule has 2 saturated carbocycles. The first-order chi connectivity index (χ1) is 4.64. The third-order valence-electron chi connectivity index (χ3n) is 3.05. The van der Waals surface area contributed by atoms with E-state index < -0.39 is 0 Å². The Bertz CT molecular complexity index is 153. The summed E-state index contributed by atoms with van der Waals surface area (Å²) >= 11 is 7.47. The topological polar surface area (TPSA) is 0 Å². The summed E-state index contributed by atoms with van der Waals surface area (Å²) < 4.78 is 0.343. The van der Waals surface area contributed by atoms with Gasteiger partial charge in [0, 0.05) is 0 Å². The van der Waals surface area contributed by atoms with Crippen molar-refractivity contribution in [3.63, 3.8) is 0 Å². The van der Waals surface area contributed by atoms with Crippen LogP contribution in [0.25, 0.3) is 0 Å². The van der Waals surface area contributed by atoms with Crippen LogP contribution in [-0.4, -0.2) is 3.23 Å². The normalized spacial score (nSPS) is 50.1. The van der Waals surface area contributed by atoms with Crippen LogP contribution in [0.1, 0.15) is 26.2 Å². The second kappa shape index (κ2) is 2.22. The maximum absolute atomic E-state index is 3.74. The van der Waals surface area contributed by atoms with Crippen LogP contribution in [0.3, 0.4) is 0 Å². The minimum Gasteiger partial charge on any atom is -0.0721 e. The van der Waals surface area contributed by atoms with E-state index in [9.17, 15) is 0 Å². The average molecular weight is 268 g/mol. The third kappa shape index (κ3) is 0.911. The molecule has 10 heavy (non-hydrogen) atoms. The van der Waals surface area contributed by atoms with Gasteiger partial charge in [0.2, 0.25) is 0 Å². The van der Waals surface area contributed by atoms with Crippen LogP contribution >= 0.6 is 31.9 Å². The second-order valence-electron chi connectivity index (χ2n) is 3.71. The summed E-state index contributed by atoms with van der Waals surface area (Å²) in [6, 6.07) is 0. The zero-order valence-corrected chi connectivity index (χ0v) is 9.28. The number of hydrogen-bond donors (Lipinski definition) is 0. The molecule has 2 aliphatic carbocycles. The predicted octanol–water partition coefficient (Wildman–Crippen LogP) is 3.54. The maximum Gasteiger partial charge on any atom is 0.0871 e. The van der Waals surface area contributed by atoms with Crippen molar-refractivity contribution in [3.8, 4) is 0 Å². The van der Waals surface area contributed by atoms with Gasteiger partial charge >= 0.3 is 0 Å². The number of halogens is 2. The van der Waals surface area contributed by atoms with E-state index in [-0.39, 0.29) is 0 Å². The SMILES string of the molecule is C[C@@H]1CCC[C@H]2[C@H]1C2(Br)Br. The van der Waals surface area contributed by atoms with Crippen molar-refractivity contribution in [3.05, 3.63) is 0 Å². The molecule has 2 heteroatoms. The van der Waals surface area contributed by atoms with E-state index in [1.165, 1.54) is 19.3 Å². The van der Waals surface area contributed by atoms with Gasteiger partial charge in [0.15, 0.2) is 0 Å². The van der Waals surface area contributed by atoms with E-state index in [0.717, 1.165) is 17.8 Å². The zero-order chi connectivity index (χ0) is 7.35. The molecule has 0 saturated heterocycles. The molecule has 0 spiro atoms. The first-order valence-corrected chi connectivity index (χ1v) is 5.60. The van der Waals surface area contributed by atoms with Crippen molar-refractivity contribution >= 4 is 31.9 Å². The Balaban J connectivity index is 2.11. The third-order valence-corrected chi connectivity index (χ3v) is 5.28. The van der Waals surface area contributed by atoms with E-state index in [2.05, 4.69) is 38.8 Å². The molecule has 0 heterocycles. The van der Waals surface area contributed by atoms with Crippen LogP contribution in [-0.2, 0) is 0 Å². The Morgan fingerprint density at radius 1 is 1.30 bits per heavy atom. The van der Waals surface area contributed by atoms with Gasteiger partial charge in [-0.15, -0.1) is 0 Å². The van der Waals surface area contributed by atoms with Gasteiger partial charge in [-0.05, 0) is 24.2 Å². The molecule has 0 N–H and O–H groups in total. The summed E-state index contributed by atoms with van der Waals surface area (Å²) in [4.78, 5) is 0. The molecule has 0 bridgehead atoms. The average Bonchev–Trinajstić information content (AvgIpc) is 2.38. The molecule has 2 fully saturated rings. The van der Waals surface area contributed by atoms with E-state index in [1.54, 1.807) is 0 Å². The van der Waals surface area contributed by atoms with Gasteiger partial charge in [-0.25, -0.2) is 0 Å². The molecule has 0 aromatic heterocycles. The molecule has 2 rings (SSSR count). The highest BCUT2D eigenvalue weighted by atomic mass is 79.9. The van der Waals surface area contributed by atoms with Gasteiger partial charge in [0.1, 0.15) is 0 Å². The van der Waals surface area contributed by atoms with Crippen LogP contribution in [0, 0.1) is 17.8 Å². The molecule has 0 nitrogen and oxygen atoms in total. The van der Waals surface area contributed by atoms with Gasteiger partial charge in [0.05, 0.1) is 3.23 Å². The van der Waals surface area contributed by atoms with Gasteiger partial charge < -0.3 is 0 Å². The molecule has 0 amide bonds. The Labute approximate surface area is 79.0 Å². The summed E-state index contributed by atoms with van der Waals surface area (Å²) in [5.74, 6) is 2.77. The fourth-order valence-electron chi connectivity index (χ4n) is 2.40. The zero-order valence-electron chi connectivity index (χ0n) is 6.11. The van der Waals surface area contributed by atoms with Crippen molar-refractivity contribution in [2.24, 2.45) is 17.8 Å². The fourth-order valence-corrected chi connectivity index (χ4v) is 4.71. The lowest BCUT2D eigenvalue weighted by molar-refractivity contribution is 0.362. The van der Waals surface area contributed by atoms with Crippen molar-refractivity contribution in [1.82, 2.24) is 0 Å². The summed E-state index contributed by atoms with van der Waals surface area (Å²) in [7, 11) is 0. The molecule has 0 aromatic carbocycles. The largest absolute Gasteiger partial charge is 0.0871 e. The summed E-state index contributed by atoms with van der Waals surface area (Å²) in [6.07, 6.45) is 4.28. The summed E-state index contributed by atoms with van der Waals surface area (Å²) in [6.45, 7) is 2.38. The van der Waals surface area contributed by atoms with E-state index in [4.69, 9.17) is 0 Å². The second-order valence-corrected chi connectivity index (χ2v) is 7.40. The molecule has 0 unspecified atom stereocenters. The lowest BCUT2D eigenvalue weighted by Gasteiger charge is -2.14. The summed E-state index contributed by atoms with van der Waals surface area (Å²) in [5.41, 5.74) is 0. The van der Waals surface area contributed by atoms with Crippen molar-refractivity contribution in [1.29, 1.82) is 0 Å². The minimum absolute atomic E-state index is 0.343. The Hall–Kier alpha value is 0.960. The van der Waals surface area contributed by atoms with Gasteiger partial charge in [-0.3, -0.25) is 0 Å². The highest BCUT2D eigenvalue weighted by molar-refractivity contribution is 9.25. The summed E-state index contributed by atoms with van der Waals surface area (Å²) in [5, 5.41) is 0. The van der Waals surface area contributed by atoms with Gasteiger partial charge in [-0.2, -0.15) is 0 Å². The lowest BCUT2D eigenvalue weighted by Crippen LogP contribution is -2.05. The molecule has 2 aliphatic rings.